The van der Waals surface area contributed by atoms with E-state index in [1.165, 1.54) is 0 Å². The fourth-order valence-corrected chi connectivity index (χ4v) is 15.6. The Morgan fingerprint density at radius 3 is 1.35 bits per heavy atom. The first-order valence-corrected chi connectivity index (χ1v) is 21.9. The third kappa shape index (κ3) is 8.40. The number of carbonyl (C=O) groups excluding carboxylic acids is 4. The smallest absolute Gasteiger partial charge is 0.410 e. The molecule has 0 saturated heterocycles. The molecule has 2 amide bonds. The molecule has 0 aliphatic heterocycles. The zero-order valence-electron chi connectivity index (χ0n) is 37.4. The summed E-state index contributed by atoms with van der Waals surface area (Å²) >= 11 is 0. The van der Waals surface area contributed by atoms with Gasteiger partial charge in [0.1, 0.15) is 11.2 Å². The lowest BCUT2D eigenvalue weighted by Gasteiger charge is -2.70. The van der Waals surface area contributed by atoms with Crippen molar-refractivity contribution in [2.45, 2.75) is 188 Å². The second-order valence-corrected chi connectivity index (χ2v) is 22.9. The van der Waals surface area contributed by atoms with E-state index < -0.39 is 22.3 Å². The van der Waals surface area contributed by atoms with Gasteiger partial charge in [0, 0.05) is 37.1 Å². The monoisotopic (exact) mass is 795 g/mol. The number of amides is 2. The van der Waals surface area contributed by atoms with E-state index in [-0.39, 0.29) is 70.3 Å². The summed E-state index contributed by atoms with van der Waals surface area (Å²) in [6, 6.07) is 0. The maximum absolute atomic E-state index is 14.2. The molecule has 8 rings (SSSR count). The van der Waals surface area contributed by atoms with Crippen LogP contribution in [0.1, 0.15) is 166 Å². The van der Waals surface area contributed by atoms with Gasteiger partial charge in [-0.15, -0.1) is 0 Å². The normalized spacial score (nSPS) is 38.9. The first-order valence-electron chi connectivity index (χ1n) is 21.9. The number of hydrogen-bond acceptors (Lipinski definition) is 8. The Balaban J connectivity index is 1.23. The van der Waals surface area contributed by atoms with E-state index in [0.29, 0.717) is 37.1 Å². The standard InChI is InChI=1S/C47H74N2O8/c1-14-54-37(52)48(44-21-40(10)19-41(11,22-44)26-46(25-40,29-44)56-35(50)32(3)4)17-16-34(7)18-39(8,9)31-49(38(53)55-15-2)45-23-42(12)20-43(13,24-45)28-47(27-42,30-45)57-36(51)33(5)6/h34H,3,5,14-31H2,1-2,4,6-13H3. The molecule has 5 atom stereocenters. The van der Waals surface area contributed by atoms with Gasteiger partial charge in [-0.2, -0.15) is 0 Å². The van der Waals surface area contributed by atoms with Crippen LogP contribution in [0.15, 0.2) is 24.3 Å². The van der Waals surface area contributed by atoms with Crippen LogP contribution in [0.25, 0.3) is 0 Å². The summed E-state index contributed by atoms with van der Waals surface area (Å²) in [6.45, 7) is 32.4. The third-order valence-corrected chi connectivity index (χ3v) is 14.8. The predicted octanol–water partition coefficient (Wildman–Crippen LogP) is 10.3. The molecule has 0 spiro atoms. The van der Waals surface area contributed by atoms with Crippen molar-refractivity contribution in [2.75, 3.05) is 26.3 Å². The highest BCUT2D eigenvalue weighted by Crippen LogP contribution is 2.71. The lowest BCUT2D eigenvalue weighted by Crippen LogP contribution is -2.72. The van der Waals surface area contributed by atoms with Gasteiger partial charge < -0.3 is 28.7 Å². The van der Waals surface area contributed by atoms with E-state index in [9.17, 15) is 19.2 Å². The van der Waals surface area contributed by atoms with Crippen molar-refractivity contribution in [1.29, 1.82) is 0 Å². The second kappa shape index (κ2) is 14.3. The number of hydrogen-bond donors (Lipinski definition) is 0. The van der Waals surface area contributed by atoms with Gasteiger partial charge in [0.25, 0.3) is 0 Å². The summed E-state index contributed by atoms with van der Waals surface area (Å²) in [5.41, 5.74) is -2.08. The molecule has 8 fully saturated rings. The van der Waals surface area contributed by atoms with Gasteiger partial charge in [-0.25, -0.2) is 19.2 Å². The molecule has 0 N–H and O–H groups in total. The summed E-state index contributed by atoms with van der Waals surface area (Å²) in [5.74, 6) is -0.493. The maximum atomic E-state index is 14.2. The molecule has 10 heteroatoms. The molecule has 0 aromatic carbocycles. The molecule has 8 aliphatic carbocycles. The molecule has 8 saturated carbocycles. The minimum Gasteiger partial charge on any atom is -0.456 e. The van der Waals surface area contributed by atoms with E-state index in [4.69, 9.17) is 18.9 Å². The molecular weight excluding hydrogens is 721 g/mol. The molecule has 10 nitrogen and oxygen atoms in total. The number of ether oxygens (including phenoxy) is 4. The molecule has 0 aromatic rings. The zero-order chi connectivity index (χ0) is 42.3. The van der Waals surface area contributed by atoms with Gasteiger partial charge in [-0.05, 0) is 138 Å². The van der Waals surface area contributed by atoms with E-state index >= 15 is 0 Å². The molecule has 8 aliphatic rings. The van der Waals surface area contributed by atoms with Crippen LogP contribution in [0, 0.1) is 33.0 Å². The second-order valence-electron chi connectivity index (χ2n) is 22.9. The topological polar surface area (TPSA) is 112 Å². The maximum Gasteiger partial charge on any atom is 0.410 e. The van der Waals surface area contributed by atoms with Crippen molar-refractivity contribution in [2.24, 2.45) is 33.0 Å². The van der Waals surface area contributed by atoms with Crippen molar-refractivity contribution >= 4 is 24.1 Å². The average molecular weight is 795 g/mol. The summed E-state index contributed by atoms with van der Waals surface area (Å²) in [6.07, 6.45) is 10.9. The summed E-state index contributed by atoms with van der Waals surface area (Å²) in [4.78, 5) is 58.5. The Morgan fingerprint density at radius 2 is 0.982 bits per heavy atom. The molecular formula is C47H74N2O8. The Hall–Kier alpha value is -3.04. The number of nitrogens with zero attached hydrogens (tertiary/aromatic N) is 2. The molecule has 57 heavy (non-hydrogen) atoms. The van der Waals surface area contributed by atoms with Crippen molar-refractivity contribution in [3.05, 3.63) is 24.3 Å². The largest absolute Gasteiger partial charge is 0.456 e. The summed E-state index contributed by atoms with van der Waals surface area (Å²) < 4.78 is 24.4. The predicted molar refractivity (Wildman–Crippen MR) is 220 cm³/mol. The van der Waals surface area contributed by atoms with Gasteiger partial charge in [0.05, 0.1) is 24.3 Å². The van der Waals surface area contributed by atoms with E-state index in [1.807, 2.05) is 23.6 Å². The number of esters is 2. The van der Waals surface area contributed by atoms with Crippen molar-refractivity contribution in [1.82, 2.24) is 9.80 Å². The van der Waals surface area contributed by atoms with Crippen LogP contribution in [-0.2, 0) is 28.5 Å². The summed E-state index contributed by atoms with van der Waals surface area (Å²) in [7, 11) is 0. The van der Waals surface area contributed by atoms with Gasteiger partial charge in [-0.1, -0.05) is 61.6 Å². The number of rotatable bonds is 15. The first-order chi connectivity index (χ1) is 26.2. The van der Waals surface area contributed by atoms with E-state index in [2.05, 4.69) is 61.6 Å². The van der Waals surface area contributed by atoms with E-state index in [0.717, 1.165) is 77.0 Å². The fourth-order valence-electron chi connectivity index (χ4n) is 15.6. The zero-order valence-corrected chi connectivity index (χ0v) is 37.4. The van der Waals surface area contributed by atoms with Gasteiger partial charge in [-0.3, -0.25) is 0 Å². The Kier molecular flexibility index (Phi) is 10.9. The van der Waals surface area contributed by atoms with Crippen LogP contribution in [0.5, 0.6) is 0 Å². The Morgan fingerprint density at radius 1 is 0.614 bits per heavy atom. The van der Waals surface area contributed by atoms with E-state index in [1.54, 1.807) is 13.8 Å². The Labute approximate surface area is 343 Å². The van der Waals surface area contributed by atoms with Gasteiger partial charge in [0.15, 0.2) is 0 Å². The van der Waals surface area contributed by atoms with Crippen LogP contribution in [0.4, 0.5) is 9.59 Å². The minimum atomic E-state index is -0.653. The van der Waals surface area contributed by atoms with Crippen LogP contribution >= 0.6 is 0 Å². The Bertz CT molecular complexity index is 1640. The average Bonchev–Trinajstić information content (AvgIpc) is 2.99. The van der Waals surface area contributed by atoms with Crippen LogP contribution in [0.2, 0.25) is 0 Å². The SMILES string of the molecule is C=C(C)C(=O)OC12CC3(C)CC(C)(C1)CC(N(CCC(C)CC(C)(C)CN(C(=O)OCC)C14CC5(C)CC(C)(CC(OC(=O)C(=C)C)(C5)C1)C4)C(=O)OCC)(C3)C2. The van der Waals surface area contributed by atoms with Crippen LogP contribution in [0.3, 0.4) is 0 Å². The molecule has 5 unspecified atom stereocenters. The first kappa shape index (κ1) is 43.5. The quantitative estimate of drug-likeness (QED) is 0.0915. The minimum absolute atomic E-state index is 0.0689. The molecule has 0 heterocycles. The van der Waals surface area contributed by atoms with Crippen molar-refractivity contribution in [3.63, 3.8) is 0 Å². The molecule has 0 radical (unpaired) electrons. The number of carbonyl (C=O) groups is 4. The third-order valence-electron chi connectivity index (χ3n) is 14.8. The lowest BCUT2D eigenvalue weighted by molar-refractivity contribution is -0.241. The van der Waals surface area contributed by atoms with Crippen LogP contribution < -0.4 is 0 Å². The highest BCUT2D eigenvalue weighted by molar-refractivity contribution is 5.88. The fraction of sp³-hybridized carbons (Fsp3) is 0.830. The molecule has 320 valence electrons. The lowest BCUT2D eigenvalue weighted by atomic mass is 9.41. The highest BCUT2D eigenvalue weighted by Gasteiger charge is 2.71. The van der Waals surface area contributed by atoms with Crippen molar-refractivity contribution in [3.8, 4) is 0 Å². The summed E-state index contributed by atoms with van der Waals surface area (Å²) in [5, 5.41) is 0. The van der Waals surface area contributed by atoms with Crippen molar-refractivity contribution < 1.29 is 38.1 Å². The van der Waals surface area contributed by atoms with Gasteiger partial charge in [0.2, 0.25) is 0 Å². The van der Waals surface area contributed by atoms with Gasteiger partial charge >= 0.3 is 24.1 Å². The highest BCUT2D eigenvalue weighted by atomic mass is 16.6. The van der Waals surface area contributed by atoms with Crippen LogP contribution in [-0.4, -0.2) is 82.5 Å². The molecule has 0 aromatic heterocycles. The molecule has 8 bridgehead atoms.